The van der Waals surface area contributed by atoms with Gasteiger partial charge in [-0.2, -0.15) is 4.98 Å². The first-order chi connectivity index (χ1) is 16.8. The number of aromatic nitrogens is 6. The third-order valence-corrected chi connectivity index (χ3v) is 5.05. The molecule has 3 heterocycles. The molecule has 13 heteroatoms. The molecule has 202 valence electrons. The number of rotatable bonds is 2. The van der Waals surface area contributed by atoms with Crippen molar-refractivity contribution in [1.29, 1.82) is 0 Å². The van der Waals surface area contributed by atoms with Gasteiger partial charge in [-0.1, -0.05) is 52.1 Å². The summed E-state index contributed by atoms with van der Waals surface area (Å²) in [7, 11) is 1.61. The topological polar surface area (TPSA) is 102 Å². The minimum Gasteiger partial charge on any atom is -0.381 e. The average Bonchev–Trinajstić information content (AvgIpc) is 2.81. The van der Waals surface area contributed by atoms with Gasteiger partial charge in [-0.3, -0.25) is 9.55 Å². The second kappa shape index (κ2) is 18.9. The lowest BCUT2D eigenvalue weighted by atomic mass is 10.4. The Kier molecular flexibility index (Phi) is 18.8. The van der Waals surface area contributed by atoms with Gasteiger partial charge < -0.3 is 19.9 Å². The lowest BCUT2D eigenvalue weighted by molar-refractivity contribution is 0.562. The van der Waals surface area contributed by atoms with E-state index in [0.717, 1.165) is 0 Å². The van der Waals surface area contributed by atoms with Crippen LogP contribution in [0.1, 0.15) is 67.5 Å². The fourth-order valence-corrected chi connectivity index (χ4v) is 3.10. The Bertz CT molecular complexity index is 1270. The highest BCUT2D eigenvalue weighted by Gasteiger charge is 1.99. The molecule has 0 bridgehead atoms. The molecule has 0 amide bonds. The summed E-state index contributed by atoms with van der Waals surface area (Å²) < 4.78 is 19.6. The molecule has 0 fully saturated rings. The number of nitrogens with two attached hydrogens (primary N) is 1. The molecule has 0 aliphatic carbocycles. The molecule has 0 saturated heterocycles. The average molecular weight is 576 g/mol. The Morgan fingerprint density at radius 1 is 0.889 bits per heavy atom. The summed E-state index contributed by atoms with van der Waals surface area (Å²) >= 11 is 19.4. The maximum atomic E-state index is 12.5. The molecule has 0 atom stereocenters. The first-order valence-electron chi connectivity index (χ1n) is 11.4. The van der Waals surface area contributed by atoms with E-state index in [1.54, 1.807) is 23.9 Å². The summed E-state index contributed by atoms with van der Waals surface area (Å²) in [6, 6.07) is 4.10. The van der Waals surface area contributed by atoms with E-state index in [2.05, 4.69) is 28.8 Å². The monoisotopic (exact) mass is 575 g/mol. The van der Waals surface area contributed by atoms with E-state index in [1.165, 1.54) is 10.8 Å². The first kappa shape index (κ1) is 35.8. The molecule has 3 aromatic rings. The number of nitrogen functional groups attached to an aromatic ring is 1. The number of nitrogens with one attached hydrogen (secondary N) is 2. The van der Waals surface area contributed by atoms with Crippen LogP contribution in [0, 0.1) is 24.6 Å². The summed E-state index contributed by atoms with van der Waals surface area (Å²) in [5.74, 6) is -0.695. The zero-order valence-electron chi connectivity index (χ0n) is 22.3. The molecular formula is C23H38FN7OS4. The van der Waals surface area contributed by atoms with E-state index < -0.39 is 5.82 Å². The Labute approximate surface area is 233 Å². The van der Waals surface area contributed by atoms with Crippen molar-refractivity contribution in [2.45, 2.75) is 67.5 Å². The van der Waals surface area contributed by atoms with Gasteiger partial charge in [-0.15, -0.1) is 0 Å². The Morgan fingerprint density at radius 2 is 1.33 bits per heavy atom. The molecule has 0 aromatic carbocycles. The molecule has 3 aromatic heterocycles. The minimum absolute atomic E-state index is 0.146. The highest BCUT2D eigenvalue weighted by Crippen LogP contribution is 2.04. The number of hydrogen-bond acceptors (Lipinski definition) is 7. The predicted octanol–water partition coefficient (Wildman–Crippen LogP) is 7.27. The summed E-state index contributed by atoms with van der Waals surface area (Å²) in [5.41, 5.74) is 4.98. The van der Waals surface area contributed by atoms with Crippen LogP contribution in [-0.2, 0) is 7.05 Å². The minimum atomic E-state index is -0.545. The first-order valence-corrected chi connectivity index (χ1v) is 13.1. The van der Waals surface area contributed by atoms with Gasteiger partial charge in [-0.25, -0.2) is 9.18 Å². The molecule has 0 unspecified atom stereocenters. The van der Waals surface area contributed by atoms with Crippen LogP contribution in [0.3, 0.4) is 0 Å². The van der Waals surface area contributed by atoms with Crippen molar-refractivity contribution in [3.63, 3.8) is 0 Å². The summed E-state index contributed by atoms with van der Waals surface area (Å²) in [5, 5.41) is 0. The van der Waals surface area contributed by atoms with Crippen LogP contribution >= 0.6 is 48.9 Å². The smallest absolute Gasteiger partial charge is 0.326 e. The zero-order valence-corrected chi connectivity index (χ0v) is 25.6. The van der Waals surface area contributed by atoms with E-state index in [0.29, 0.717) is 20.1 Å². The molecule has 36 heavy (non-hydrogen) atoms. The summed E-state index contributed by atoms with van der Waals surface area (Å²) in [6.07, 6.45) is 4.81. The van der Waals surface area contributed by atoms with Crippen molar-refractivity contribution in [2.75, 3.05) is 5.73 Å². The highest BCUT2D eigenvalue weighted by atomic mass is 32.1. The summed E-state index contributed by atoms with van der Waals surface area (Å²) in [4.78, 5) is 20.1. The van der Waals surface area contributed by atoms with Crippen LogP contribution in [0.5, 0.6) is 0 Å². The van der Waals surface area contributed by atoms with E-state index in [-0.39, 0.29) is 22.3 Å². The number of aryl methyl sites for hydroxylation is 1. The van der Waals surface area contributed by atoms with Crippen molar-refractivity contribution < 1.29 is 4.39 Å². The zero-order chi connectivity index (χ0) is 28.6. The van der Waals surface area contributed by atoms with Crippen LogP contribution in [0.25, 0.3) is 0 Å². The maximum Gasteiger partial charge on any atom is 0.326 e. The highest BCUT2D eigenvalue weighted by molar-refractivity contribution is 7.72. The van der Waals surface area contributed by atoms with Crippen molar-refractivity contribution in [1.82, 2.24) is 28.7 Å². The van der Waals surface area contributed by atoms with Gasteiger partial charge in [0.15, 0.2) is 16.4 Å². The second-order valence-corrected chi connectivity index (χ2v) is 8.72. The van der Waals surface area contributed by atoms with Gasteiger partial charge in [0.2, 0.25) is 4.77 Å². The quantitative estimate of drug-likeness (QED) is 0.276. The molecule has 8 nitrogen and oxygen atoms in total. The van der Waals surface area contributed by atoms with E-state index in [9.17, 15) is 9.18 Å². The van der Waals surface area contributed by atoms with Crippen LogP contribution in [0.15, 0.2) is 35.5 Å². The van der Waals surface area contributed by atoms with Crippen LogP contribution in [0.2, 0.25) is 0 Å². The Hall–Kier alpha value is -2.35. The third-order valence-electron chi connectivity index (χ3n) is 3.88. The lowest BCUT2D eigenvalue weighted by Gasteiger charge is -2.09. The molecule has 0 aliphatic rings. The van der Waals surface area contributed by atoms with Crippen molar-refractivity contribution in [2.24, 2.45) is 7.05 Å². The number of halogens is 1. The number of H-pyrrole nitrogens is 2. The molecule has 0 aliphatic heterocycles. The number of nitrogens with zero attached hydrogens (tertiary/aromatic N) is 4. The standard InChI is InChI=1S/C7H10N2OS.C7H10N2S2.C5H6FN3S.2C2H6/c1-5(2)9-4-3-6(11)8-7(9)10;1-5(2)9-4-3-6(10)8-7(9)11;1-9-2-3(6)4(7)8-5(9)10;2*1-2/h2*3-5H,1-2H3,(H,8,10,11);2H,1H3,(H2,7,8,10);2*1-2H3. The summed E-state index contributed by atoms with van der Waals surface area (Å²) in [6.45, 7) is 16.0. The lowest BCUT2D eigenvalue weighted by Crippen LogP contribution is -2.23. The predicted molar refractivity (Wildman–Crippen MR) is 158 cm³/mol. The fraction of sp³-hybridized carbons (Fsp3) is 0.478. The fourth-order valence-electron chi connectivity index (χ4n) is 2.19. The normalized spacial score (nSPS) is 9.44. The molecule has 3 rings (SSSR count). The van der Waals surface area contributed by atoms with Crippen molar-refractivity contribution in [3.8, 4) is 0 Å². The van der Waals surface area contributed by atoms with Gasteiger partial charge in [0.25, 0.3) is 0 Å². The van der Waals surface area contributed by atoms with Crippen LogP contribution < -0.4 is 11.4 Å². The van der Waals surface area contributed by atoms with E-state index in [1.807, 2.05) is 58.4 Å². The number of aromatic amines is 2. The van der Waals surface area contributed by atoms with E-state index >= 15 is 0 Å². The molecule has 0 spiro atoms. The number of hydrogen-bond donors (Lipinski definition) is 3. The van der Waals surface area contributed by atoms with Crippen LogP contribution in [-0.4, -0.2) is 28.7 Å². The largest absolute Gasteiger partial charge is 0.381 e. The molecule has 4 N–H and O–H groups in total. The number of anilines is 1. The van der Waals surface area contributed by atoms with Gasteiger partial charge in [0, 0.05) is 37.7 Å². The van der Waals surface area contributed by atoms with E-state index in [4.69, 9.17) is 54.6 Å². The molecule has 0 radical (unpaired) electrons. The maximum absolute atomic E-state index is 12.5. The Morgan fingerprint density at radius 3 is 1.72 bits per heavy atom. The molecular weight excluding hydrogens is 538 g/mol. The van der Waals surface area contributed by atoms with Gasteiger partial charge >= 0.3 is 5.69 Å². The van der Waals surface area contributed by atoms with Crippen LogP contribution in [0.4, 0.5) is 10.2 Å². The SMILES string of the molecule is CC.CC.CC(C)n1ccc(=S)[nH]c1=O.CC(C)n1ccc(=S)[nH]c1=S.Cn1cc(F)c(N)nc1=S. The Balaban J connectivity index is 0. The third kappa shape index (κ3) is 13.1. The van der Waals surface area contributed by atoms with Gasteiger partial charge in [0.05, 0.1) is 0 Å². The van der Waals surface area contributed by atoms with Gasteiger partial charge in [0.1, 0.15) is 9.28 Å². The van der Waals surface area contributed by atoms with Gasteiger partial charge in [-0.05, 0) is 64.3 Å². The van der Waals surface area contributed by atoms with Crippen molar-refractivity contribution in [3.05, 3.63) is 65.8 Å². The van der Waals surface area contributed by atoms with Crippen molar-refractivity contribution >= 4 is 54.7 Å². The second-order valence-electron chi connectivity index (χ2n) is 7.09. The molecule has 0 saturated carbocycles.